The Bertz CT molecular complexity index is 2860. The average Bonchev–Trinajstić information content (AvgIpc) is 3.57. The molecule has 2 aliphatic rings. The largest absolute Gasteiger partial charge is 0.453 e. The Hall–Kier alpha value is -7.24. The van der Waals surface area contributed by atoms with Crippen LogP contribution in [0.3, 0.4) is 0 Å². The van der Waals surface area contributed by atoms with Crippen molar-refractivity contribution >= 4 is 55.9 Å². The minimum atomic E-state index is 0.766. The number of fused-ring (bicyclic) bond motifs is 7. The first kappa shape index (κ1) is 31.3. The van der Waals surface area contributed by atoms with E-state index in [0.717, 1.165) is 80.4 Å². The summed E-state index contributed by atoms with van der Waals surface area (Å²) in [5.74, 6) is 3.17. The molecule has 3 heterocycles. The Labute approximate surface area is 319 Å². The van der Waals surface area contributed by atoms with Gasteiger partial charge in [-0.3, -0.25) is 4.90 Å². The predicted molar refractivity (Wildman–Crippen MR) is 226 cm³/mol. The smallest absolute Gasteiger partial charge is 0.156 e. The van der Waals surface area contributed by atoms with Gasteiger partial charge in [0.25, 0.3) is 0 Å². The number of anilines is 6. The van der Waals surface area contributed by atoms with Gasteiger partial charge in [0, 0.05) is 39.8 Å². The number of para-hydroxylation sites is 6. The van der Waals surface area contributed by atoms with Gasteiger partial charge in [0.15, 0.2) is 23.0 Å². The molecular formula is C50H35N3O2. The molecule has 0 N–H and O–H groups in total. The number of aromatic nitrogens is 1. The molecule has 0 atom stereocenters. The summed E-state index contributed by atoms with van der Waals surface area (Å²) in [6.07, 6.45) is 0. The second kappa shape index (κ2) is 12.4. The zero-order valence-corrected chi connectivity index (χ0v) is 30.2. The van der Waals surface area contributed by atoms with Gasteiger partial charge in [0.05, 0.1) is 22.6 Å². The molecule has 0 spiro atoms. The highest BCUT2D eigenvalue weighted by atomic mass is 16.5. The van der Waals surface area contributed by atoms with Crippen LogP contribution in [0.4, 0.5) is 34.1 Å². The van der Waals surface area contributed by atoms with Crippen LogP contribution in [0.5, 0.6) is 23.0 Å². The van der Waals surface area contributed by atoms with E-state index in [1.807, 2.05) is 36.4 Å². The van der Waals surface area contributed by atoms with Crippen molar-refractivity contribution in [3.8, 4) is 45.3 Å². The molecule has 0 saturated heterocycles. The van der Waals surface area contributed by atoms with E-state index in [-0.39, 0.29) is 0 Å². The van der Waals surface area contributed by atoms with Crippen molar-refractivity contribution in [2.45, 2.75) is 13.5 Å². The predicted octanol–water partition coefficient (Wildman–Crippen LogP) is 14.3. The van der Waals surface area contributed by atoms with E-state index in [0.29, 0.717) is 0 Å². The Morgan fingerprint density at radius 2 is 1.05 bits per heavy atom. The third-order valence-corrected chi connectivity index (χ3v) is 10.9. The van der Waals surface area contributed by atoms with Crippen LogP contribution < -0.4 is 19.3 Å². The van der Waals surface area contributed by atoms with E-state index in [9.17, 15) is 0 Å². The lowest BCUT2D eigenvalue weighted by molar-refractivity contribution is 0.446. The zero-order chi connectivity index (χ0) is 36.5. The molecule has 262 valence electrons. The van der Waals surface area contributed by atoms with Gasteiger partial charge < -0.3 is 18.9 Å². The van der Waals surface area contributed by atoms with Crippen LogP contribution in [0.2, 0.25) is 0 Å². The molecule has 9 aromatic rings. The Morgan fingerprint density at radius 3 is 1.78 bits per heavy atom. The number of rotatable bonds is 6. The van der Waals surface area contributed by atoms with Crippen molar-refractivity contribution in [3.63, 3.8) is 0 Å². The highest BCUT2D eigenvalue weighted by Crippen LogP contribution is 2.60. The number of hydrogen-bond acceptors (Lipinski definition) is 4. The Morgan fingerprint density at radius 1 is 0.455 bits per heavy atom. The SMILES string of the molecule is CCn1c2ccccc2c2ccc(N(c3ccc(-c4cc5c6c(c4)Oc4ccccc4N6c4ccccc4O5)cc3)c3ccccc3-c3ccccc3)cc21. The van der Waals surface area contributed by atoms with E-state index in [1.165, 1.54) is 27.4 Å². The molecule has 55 heavy (non-hydrogen) atoms. The lowest BCUT2D eigenvalue weighted by Gasteiger charge is -2.38. The van der Waals surface area contributed by atoms with Crippen LogP contribution in [0.15, 0.2) is 182 Å². The summed E-state index contributed by atoms with van der Waals surface area (Å²) in [5.41, 5.74) is 13.1. The molecule has 2 aliphatic heterocycles. The summed E-state index contributed by atoms with van der Waals surface area (Å²) in [5, 5.41) is 2.54. The highest BCUT2D eigenvalue weighted by molar-refractivity contribution is 6.09. The van der Waals surface area contributed by atoms with Gasteiger partial charge >= 0.3 is 0 Å². The zero-order valence-electron chi connectivity index (χ0n) is 30.2. The first-order chi connectivity index (χ1) is 27.2. The molecule has 5 heteroatoms. The van der Waals surface area contributed by atoms with Crippen molar-refractivity contribution < 1.29 is 9.47 Å². The van der Waals surface area contributed by atoms with Crippen LogP contribution in [0.25, 0.3) is 44.1 Å². The third-order valence-electron chi connectivity index (χ3n) is 10.9. The summed E-state index contributed by atoms with van der Waals surface area (Å²) < 4.78 is 15.6. The van der Waals surface area contributed by atoms with Gasteiger partial charge in [-0.25, -0.2) is 0 Å². The van der Waals surface area contributed by atoms with E-state index >= 15 is 0 Å². The third kappa shape index (κ3) is 4.94. The first-order valence-electron chi connectivity index (χ1n) is 18.8. The van der Waals surface area contributed by atoms with E-state index in [2.05, 4.69) is 167 Å². The van der Waals surface area contributed by atoms with Gasteiger partial charge in [0.1, 0.15) is 5.69 Å². The molecule has 0 fully saturated rings. The summed E-state index contributed by atoms with van der Waals surface area (Å²) >= 11 is 0. The van der Waals surface area contributed by atoms with Crippen molar-refractivity contribution in [2.24, 2.45) is 0 Å². The van der Waals surface area contributed by atoms with Gasteiger partial charge in [-0.2, -0.15) is 0 Å². The molecule has 0 radical (unpaired) electrons. The maximum absolute atomic E-state index is 6.58. The van der Waals surface area contributed by atoms with E-state index in [4.69, 9.17) is 9.47 Å². The molecule has 11 rings (SSSR count). The topological polar surface area (TPSA) is 29.9 Å². The molecule has 0 bridgehead atoms. The summed E-state index contributed by atoms with van der Waals surface area (Å²) in [6, 6.07) is 64.4. The number of aryl methyl sites for hydroxylation is 1. The lowest BCUT2D eigenvalue weighted by Crippen LogP contribution is -2.20. The number of nitrogens with zero attached hydrogens (tertiary/aromatic N) is 3. The second-order valence-corrected chi connectivity index (χ2v) is 14.0. The molecular weight excluding hydrogens is 675 g/mol. The van der Waals surface area contributed by atoms with E-state index < -0.39 is 0 Å². The monoisotopic (exact) mass is 709 g/mol. The van der Waals surface area contributed by atoms with E-state index in [1.54, 1.807) is 0 Å². The fourth-order valence-electron chi connectivity index (χ4n) is 8.47. The van der Waals surface area contributed by atoms with Crippen LogP contribution in [0.1, 0.15) is 6.92 Å². The fraction of sp³-hybridized carbons (Fsp3) is 0.0400. The minimum absolute atomic E-state index is 0.766. The normalized spacial score (nSPS) is 12.4. The number of ether oxygens (including phenoxy) is 2. The van der Waals surface area contributed by atoms with Crippen LogP contribution in [-0.2, 0) is 6.54 Å². The number of benzene rings is 8. The van der Waals surface area contributed by atoms with Crippen molar-refractivity contribution in [1.82, 2.24) is 4.57 Å². The van der Waals surface area contributed by atoms with Crippen molar-refractivity contribution in [3.05, 3.63) is 182 Å². The average molecular weight is 710 g/mol. The second-order valence-electron chi connectivity index (χ2n) is 14.0. The van der Waals surface area contributed by atoms with Crippen LogP contribution >= 0.6 is 0 Å². The molecule has 8 aromatic carbocycles. The minimum Gasteiger partial charge on any atom is -0.453 e. The van der Waals surface area contributed by atoms with Crippen molar-refractivity contribution in [2.75, 3.05) is 9.80 Å². The van der Waals surface area contributed by atoms with Crippen molar-refractivity contribution in [1.29, 1.82) is 0 Å². The lowest BCUT2D eigenvalue weighted by atomic mass is 9.99. The fourth-order valence-corrected chi connectivity index (χ4v) is 8.47. The van der Waals surface area contributed by atoms with Crippen LogP contribution in [0, 0.1) is 0 Å². The molecule has 0 aliphatic carbocycles. The number of hydrogen-bond donors (Lipinski definition) is 0. The van der Waals surface area contributed by atoms with Gasteiger partial charge in [-0.1, -0.05) is 109 Å². The van der Waals surface area contributed by atoms with Crippen LogP contribution in [-0.4, -0.2) is 4.57 Å². The Kier molecular flexibility index (Phi) is 7.07. The first-order valence-corrected chi connectivity index (χ1v) is 18.8. The summed E-state index contributed by atoms with van der Waals surface area (Å²) in [7, 11) is 0. The molecule has 0 amide bonds. The molecule has 5 nitrogen and oxygen atoms in total. The molecule has 0 unspecified atom stereocenters. The molecule has 0 saturated carbocycles. The molecule has 1 aromatic heterocycles. The van der Waals surface area contributed by atoms with Gasteiger partial charge in [-0.05, 0) is 96.4 Å². The van der Waals surface area contributed by atoms with Gasteiger partial charge in [-0.15, -0.1) is 0 Å². The highest BCUT2D eigenvalue weighted by Gasteiger charge is 2.35. The quantitative estimate of drug-likeness (QED) is 0.172. The summed E-state index contributed by atoms with van der Waals surface area (Å²) in [4.78, 5) is 4.64. The maximum Gasteiger partial charge on any atom is 0.156 e. The maximum atomic E-state index is 6.58. The van der Waals surface area contributed by atoms with Gasteiger partial charge in [0.2, 0.25) is 0 Å². The standard InChI is InChI=1S/C50H35N3O2/c1-2-51-41-18-8-7-17-39(41)40-29-28-37(32-45(40)51)52(42-19-9-6-16-38(42)34-14-4-3-5-15-34)36-26-24-33(25-27-36)35-30-48-50-49(31-35)55-47-23-13-11-21-44(47)53(50)43-20-10-12-22-46(43)54-48/h3-32H,2H2,1H3. The Balaban J connectivity index is 1.05. The summed E-state index contributed by atoms with van der Waals surface area (Å²) in [6.45, 7) is 3.10.